The van der Waals surface area contributed by atoms with Crippen molar-refractivity contribution in [3.05, 3.63) is 54.1 Å². The van der Waals surface area contributed by atoms with Crippen LogP contribution in [0, 0.1) is 12.3 Å². The van der Waals surface area contributed by atoms with Gasteiger partial charge in [-0.05, 0) is 17.2 Å². The van der Waals surface area contributed by atoms with E-state index in [0.29, 0.717) is 5.57 Å². The quantitative estimate of drug-likeness (QED) is 0.564. The average molecular weight is 184 g/mol. The van der Waals surface area contributed by atoms with E-state index in [9.17, 15) is 5.11 Å². The summed E-state index contributed by atoms with van der Waals surface area (Å²) >= 11 is 0. The highest BCUT2D eigenvalue weighted by molar-refractivity contribution is 5.57. The van der Waals surface area contributed by atoms with E-state index in [0.717, 1.165) is 5.56 Å². The molecule has 1 nitrogen and oxygen atoms in total. The molecule has 0 saturated heterocycles. The molecule has 1 aromatic rings. The minimum Gasteiger partial charge on any atom is -0.376 e. The van der Waals surface area contributed by atoms with Crippen molar-refractivity contribution in [3.8, 4) is 12.3 Å². The van der Waals surface area contributed by atoms with Crippen LogP contribution in [0.5, 0.6) is 0 Å². The summed E-state index contributed by atoms with van der Waals surface area (Å²) in [7, 11) is 0. The molecule has 1 rings (SSSR count). The zero-order valence-electron chi connectivity index (χ0n) is 7.85. The highest BCUT2D eigenvalue weighted by Crippen LogP contribution is 2.10. The summed E-state index contributed by atoms with van der Waals surface area (Å²) in [5.41, 5.74) is 1.63. The molecule has 0 aliphatic heterocycles. The lowest BCUT2D eigenvalue weighted by atomic mass is 10.1. The number of rotatable bonds is 3. The standard InChI is InChI=1S/C13H12O/c1-3-12(13(14)4-2)10-11-8-6-5-7-9-11/h2-3,5-10,13-14H,1H2. The number of aliphatic hydroxyl groups is 1. The highest BCUT2D eigenvalue weighted by Gasteiger charge is 2.02. The minimum absolute atomic E-state index is 0.638. The first-order valence-corrected chi connectivity index (χ1v) is 4.31. The van der Waals surface area contributed by atoms with Crippen LogP contribution in [0.4, 0.5) is 0 Å². The molecule has 1 unspecified atom stereocenters. The topological polar surface area (TPSA) is 20.2 Å². The number of hydrogen-bond acceptors (Lipinski definition) is 1. The number of terminal acetylenes is 1. The van der Waals surface area contributed by atoms with Crippen LogP contribution in [0.3, 0.4) is 0 Å². The molecule has 1 atom stereocenters. The lowest BCUT2D eigenvalue weighted by Crippen LogP contribution is -2.04. The zero-order valence-corrected chi connectivity index (χ0v) is 7.85. The first kappa shape index (κ1) is 10.3. The summed E-state index contributed by atoms with van der Waals surface area (Å²) in [6.07, 6.45) is 7.62. The van der Waals surface area contributed by atoms with Crippen molar-refractivity contribution in [2.75, 3.05) is 0 Å². The molecule has 1 N–H and O–H groups in total. The number of hydrogen-bond donors (Lipinski definition) is 1. The van der Waals surface area contributed by atoms with Crippen molar-refractivity contribution in [1.29, 1.82) is 0 Å². The predicted molar refractivity (Wildman–Crippen MR) is 59.5 cm³/mol. The Kier molecular flexibility index (Phi) is 3.72. The molecule has 0 aliphatic rings. The molecule has 0 aromatic heterocycles. The summed E-state index contributed by atoms with van der Waals surface area (Å²) in [4.78, 5) is 0. The van der Waals surface area contributed by atoms with Crippen molar-refractivity contribution < 1.29 is 5.11 Å². The molecule has 0 heterocycles. The molecular weight excluding hydrogens is 172 g/mol. The average Bonchev–Trinajstić information content (AvgIpc) is 2.26. The van der Waals surface area contributed by atoms with Crippen molar-refractivity contribution in [1.82, 2.24) is 0 Å². The Morgan fingerprint density at radius 1 is 1.43 bits per heavy atom. The normalized spacial score (nSPS) is 13.0. The lowest BCUT2D eigenvalue weighted by molar-refractivity contribution is 0.273. The largest absolute Gasteiger partial charge is 0.376 e. The van der Waals surface area contributed by atoms with Gasteiger partial charge in [0.05, 0.1) is 0 Å². The first-order valence-electron chi connectivity index (χ1n) is 4.31. The third-order valence-electron chi connectivity index (χ3n) is 1.84. The van der Waals surface area contributed by atoms with Crippen molar-refractivity contribution in [2.45, 2.75) is 6.10 Å². The molecule has 0 amide bonds. The predicted octanol–water partition coefficient (Wildman–Crippen LogP) is 2.25. The van der Waals surface area contributed by atoms with Gasteiger partial charge in [-0.3, -0.25) is 0 Å². The van der Waals surface area contributed by atoms with Gasteiger partial charge in [-0.2, -0.15) is 0 Å². The van der Waals surface area contributed by atoms with Gasteiger partial charge in [-0.15, -0.1) is 6.42 Å². The third-order valence-corrected chi connectivity index (χ3v) is 1.84. The van der Waals surface area contributed by atoms with Crippen LogP contribution in [0.15, 0.2) is 48.6 Å². The maximum absolute atomic E-state index is 9.40. The minimum atomic E-state index is -0.882. The van der Waals surface area contributed by atoms with E-state index in [-0.39, 0.29) is 0 Å². The van der Waals surface area contributed by atoms with Crippen molar-refractivity contribution in [3.63, 3.8) is 0 Å². The molecule has 0 fully saturated rings. The Hall–Kier alpha value is -1.78. The highest BCUT2D eigenvalue weighted by atomic mass is 16.3. The Labute approximate surface area is 84.4 Å². The third kappa shape index (κ3) is 2.62. The van der Waals surface area contributed by atoms with Gasteiger partial charge >= 0.3 is 0 Å². The lowest BCUT2D eigenvalue weighted by Gasteiger charge is -2.04. The van der Waals surface area contributed by atoms with E-state index in [1.807, 2.05) is 36.4 Å². The van der Waals surface area contributed by atoms with Gasteiger partial charge in [-0.25, -0.2) is 0 Å². The van der Waals surface area contributed by atoms with Crippen molar-refractivity contribution in [2.24, 2.45) is 0 Å². The van der Waals surface area contributed by atoms with Crippen LogP contribution in [-0.2, 0) is 0 Å². The Bertz CT molecular complexity index is 368. The molecule has 14 heavy (non-hydrogen) atoms. The van der Waals surface area contributed by atoms with Crippen LogP contribution in [0.1, 0.15) is 5.56 Å². The molecule has 0 bridgehead atoms. The zero-order chi connectivity index (χ0) is 10.4. The van der Waals surface area contributed by atoms with Gasteiger partial charge in [0.15, 0.2) is 0 Å². The number of benzene rings is 1. The van der Waals surface area contributed by atoms with Crippen LogP contribution in [0.2, 0.25) is 0 Å². The van der Waals surface area contributed by atoms with Crippen LogP contribution >= 0.6 is 0 Å². The van der Waals surface area contributed by atoms with E-state index in [2.05, 4.69) is 12.5 Å². The maximum Gasteiger partial charge on any atom is 0.139 e. The molecule has 1 heteroatoms. The fourth-order valence-electron chi connectivity index (χ4n) is 1.09. The summed E-state index contributed by atoms with van der Waals surface area (Å²) in [6.45, 7) is 3.60. The van der Waals surface area contributed by atoms with Crippen molar-refractivity contribution >= 4 is 6.08 Å². The monoisotopic (exact) mass is 184 g/mol. The van der Waals surface area contributed by atoms with Crippen LogP contribution < -0.4 is 0 Å². The smallest absolute Gasteiger partial charge is 0.139 e. The van der Waals surface area contributed by atoms with Gasteiger partial charge in [0.2, 0.25) is 0 Å². The molecule has 1 aromatic carbocycles. The molecule has 0 aliphatic carbocycles. The maximum atomic E-state index is 9.40. The Morgan fingerprint density at radius 2 is 2.07 bits per heavy atom. The summed E-state index contributed by atoms with van der Waals surface area (Å²) in [5, 5.41) is 9.40. The molecule has 70 valence electrons. The van der Waals surface area contributed by atoms with Gasteiger partial charge < -0.3 is 5.11 Å². The summed E-state index contributed by atoms with van der Waals surface area (Å²) in [5.74, 6) is 2.25. The van der Waals surface area contributed by atoms with E-state index >= 15 is 0 Å². The molecule has 0 saturated carbocycles. The fourth-order valence-corrected chi connectivity index (χ4v) is 1.09. The number of aliphatic hydroxyl groups excluding tert-OH is 1. The SMILES string of the molecule is C#CC(O)C(C=C)=Cc1ccccc1. The second-order valence-electron chi connectivity index (χ2n) is 2.83. The van der Waals surface area contributed by atoms with E-state index < -0.39 is 6.10 Å². The van der Waals surface area contributed by atoms with E-state index in [4.69, 9.17) is 6.42 Å². The first-order chi connectivity index (χ1) is 6.77. The Morgan fingerprint density at radius 3 is 2.57 bits per heavy atom. The van der Waals surface area contributed by atoms with Crippen LogP contribution in [-0.4, -0.2) is 11.2 Å². The van der Waals surface area contributed by atoms with Crippen LogP contribution in [0.25, 0.3) is 6.08 Å². The van der Waals surface area contributed by atoms with Gasteiger partial charge in [0, 0.05) is 0 Å². The molecule has 0 radical (unpaired) electrons. The van der Waals surface area contributed by atoms with Gasteiger partial charge in [-0.1, -0.05) is 48.9 Å². The second-order valence-corrected chi connectivity index (χ2v) is 2.83. The molecule has 0 spiro atoms. The van der Waals surface area contributed by atoms with Gasteiger partial charge in [0.1, 0.15) is 6.10 Å². The van der Waals surface area contributed by atoms with Gasteiger partial charge in [0.25, 0.3) is 0 Å². The molecular formula is C13H12O. The summed E-state index contributed by atoms with van der Waals surface area (Å²) < 4.78 is 0. The Balaban J connectivity index is 2.97. The fraction of sp³-hybridized carbons (Fsp3) is 0.0769. The van der Waals surface area contributed by atoms with E-state index in [1.165, 1.54) is 0 Å². The second kappa shape index (κ2) is 5.06. The van der Waals surface area contributed by atoms with E-state index in [1.54, 1.807) is 6.08 Å². The summed E-state index contributed by atoms with van der Waals surface area (Å²) in [6, 6.07) is 9.66.